The SMILES string of the molecule is C=C(C)Oc1ccccc1C(=O)OCC(C)(COC(=O)c1ccccc1OC(C)=O)C(=O)OCC(C)(COC(=O)C(C)(COC(=O)c1ccccc1OC(C)=O)COC(=O)c1ccccc1OC(C)=O)C(=O)OCCc1cn(CCCOC(=O)C(C)OC(=O)CCC(=O)NC(COC(=O)CCC(=O)O)(COC(=O)CCC(=O)O)COC(=O)CCC(=O)O)nn1. The van der Waals surface area contributed by atoms with E-state index in [1.165, 1.54) is 109 Å². The molecule has 1 amide bonds. The largest absolute Gasteiger partial charge is 0.481 e. The fourth-order valence-electron chi connectivity index (χ4n) is 10.1. The molecule has 4 aromatic carbocycles. The van der Waals surface area contributed by atoms with Crippen molar-refractivity contribution < 1.29 is 182 Å². The molecule has 0 aliphatic heterocycles. The Bertz CT molecular complexity index is 4340. The Hall–Kier alpha value is -14.5. The van der Waals surface area contributed by atoms with Crippen LogP contribution in [-0.2, 0) is 142 Å². The lowest BCUT2D eigenvalue weighted by atomic mass is 9.90. The number of nitrogens with zero attached hydrogens (tertiary/aromatic N) is 3. The van der Waals surface area contributed by atoms with Crippen LogP contribution in [0, 0.1) is 16.2 Å². The number of carbonyl (C=O) groups is 19. The van der Waals surface area contributed by atoms with E-state index in [-0.39, 0.29) is 82.7 Å². The minimum Gasteiger partial charge on any atom is -0.481 e. The molecular formula is C82H92N4O38. The average Bonchev–Trinajstić information content (AvgIpc) is 0.832. The zero-order chi connectivity index (χ0) is 91.9. The van der Waals surface area contributed by atoms with Gasteiger partial charge in [-0.05, 0) is 83.1 Å². The van der Waals surface area contributed by atoms with Gasteiger partial charge < -0.3 is 96.4 Å². The van der Waals surface area contributed by atoms with Crippen LogP contribution in [0.3, 0.4) is 0 Å². The van der Waals surface area contributed by atoms with Crippen molar-refractivity contribution in [3.8, 4) is 23.0 Å². The number of para-hydroxylation sites is 4. The molecule has 3 atom stereocenters. The van der Waals surface area contributed by atoms with Crippen molar-refractivity contribution in [3.05, 3.63) is 144 Å². The summed E-state index contributed by atoms with van der Waals surface area (Å²) in [7, 11) is 0. The van der Waals surface area contributed by atoms with Crippen molar-refractivity contribution in [2.75, 3.05) is 72.7 Å². The third-order valence-corrected chi connectivity index (χ3v) is 16.8. The third kappa shape index (κ3) is 34.3. The number of carboxylic acids is 3. The van der Waals surface area contributed by atoms with Gasteiger partial charge in [-0.2, -0.15) is 0 Å². The Morgan fingerprint density at radius 3 is 1.08 bits per heavy atom. The van der Waals surface area contributed by atoms with Crippen LogP contribution in [-0.4, -0.2) is 228 Å². The zero-order valence-corrected chi connectivity index (χ0v) is 68.6. The molecule has 0 fully saturated rings. The topological polar surface area (TPSA) is 575 Å². The van der Waals surface area contributed by atoms with Gasteiger partial charge in [0.05, 0.1) is 69.6 Å². The van der Waals surface area contributed by atoms with Crippen LogP contribution < -0.4 is 24.3 Å². The molecule has 668 valence electrons. The molecule has 0 spiro atoms. The summed E-state index contributed by atoms with van der Waals surface area (Å²) in [5, 5.41) is 37.5. The summed E-state index contributed by atoms with van der Waals surface area (Å²) in [6, 6.07) is 21.9. The van der Waals surface area contributed by atoms with Crippen LogP contribution in [0.4, 0.5) is 0 Å². The first-order valence-electron chi connectivity index (χ1n) is 37.7. The van der Waals surface area contributed by atoms with Crippen LogP contribution in [0.2, 0.25) is 0 Å². The summed E-state index contributed by atoms with van der Waals surface area (Å²) in [5.74, 6) is -22.4. The predicted octanol–water partition coefficient (Wildman–Crippen LogP) is 5.31. The summed E-state index contributed by atoms with van der Waals surface area (Å²) in [5.41, 5.74) is -9.83. The van der Waals surface area contributed by atoms with Gasteiger partial charge in [-0.3, -0.25) is 71.8 Å². The number of esters is 15. The lowest BCUT2D eigenvalue weighted by molar-refractivity contribution is -0.179. The number of aryl methyl sites for hydroxylation is 1. The second-order valence-corrected chi connectivity index (χ2v) is 28.2. The molecule has 124 heavy (non-hydrogen) atoms. The lowest BCUT2D eigenvalue weighted by Gasteiger charge is -2.33. The molecule has 0 saturated carbocycles. The van der Waals surface area contributed by atoms with Gasteiger partial charge in [-0.25, -0.2) is 24.0 Å². The number of ether oxygens (including phenoxy) is 16. The molecule has 5 aromatic rings. The van der Waals surface area contributed by atoms with Crippen molar-refractivity contribution in [1.82, 2.24) is 20.3 Å². The number of nitrogens with one attached hydrogen (secondary N) is 1. The van der Waals surface area contributed by atoms with Crippen molar-refractivity contribution in [2.45, 2.75) is 138 Å². The number of amides is 1. The monoisotopic (exact) mass is 1740 g/mol. The molecule has 1 heterocycles. The maximum atomic E-state index is 14.8. The van der Waals surface area contributed by atoms with Gasteiger partial charge in [-0.15, -0.1) is 5.10 Å². The van der Waals surface area contributed by atoms with Crippen LogP contribution in [0.1, 0.15) is 160 Å². The highest BCUT2D eigenvalue weighted by atomic mass is 16.6. The summed E-state index contributed by atoms with van der Waals surface area (Å²) < 4.78 is 88.1. The molecule has 0 saturated heterocycles. The Morgan fingerprint density at radius 1 is 0.403 bits per heavy atom. The molecule has 42 heteroatoms. The van der Waals surface area contributed by atoms with Crippen molar-refractivity contribution in [2.24, 2.45) is 16.2 Å². The Kier molecular flexibility index (Phi) is 39.3. The molecule has 4 N–H and O–H groups in total. The number of hydrogen-bond acceptors (Lipinski definition) is 37. The quantitative estimate of drug-likeness (QED) is 0.0126. The van der Waals surface area contributed by atoms with Crippen molar-refractivity contribution in [1.29, 1.82) is 0 Å². The van der Waals surface area contributed by atoms with Crippen molar-refractivity contribution in [3.63, 3.8) is 0 Å². The van der Waals surface area contributed by atoms with E-state index in [0.717, 1.165) is 48.5 Å². The maximum absolute atomic E-state index is 14.8. The van der Waals surface area contributed by atoms with Crippen molar-refractivity contribution >= 4 is 113 Å². The molecule has 0 bridgehead atoms. The highest BCUT2D eigenvalue weighted by Gasteiger charge is 2.47. The molecule has 0 aliphatic rings. The van der Waals surface area contributed by atoms with Crippen LogP contribution in [0.5, 0.6) is 23.0 Å². The number of aromatic nitrogens is 3. The van der Waals surface area contributed by atoms with Gasteiger partial charge in [0, 0.05) is 52.8 Å². The molecule has 1 aromatic heterocycles. The normalized spacial score (nSPS) is 12.1. The number of carbonyl (C=O) groups excluding carboxylic acids is 16. The second-order valence-electron chi connectivity index (χ2n) is 28.2. The number of aliphatic carboxylic acids is 3. The molecule has 42 nitrogen and oxygen atoms in total. The van der Waals surface area contributed by atoms with Gasteiger partial charge in [0.15, 0.2) is 6.10 Å². The minimum absolute atomic E-state index is 0.00110. The summed E-state index contributed by atoms with van der Waals surface area (Å²) in [6.45, 7) is 3.15. The highest BCUT2D eigenvalue weighted by Crippen LogP contribution is 2.32. The molecular weight excluding hydrogens is 1650 g/mol. The third-order valence-electron chi connectivity index (χ3n) is 16.8. The van der Waals surface area contributed by atoms with Gasteiger partial charge in [0.2, 0.25) is 5.91 Å². The Balaban J connectivity index is 1.34. The smallest absolute Gasteiger partial charge is 0.347 e. The minimum atomic E-state index is -2.31. The fourth-order valence-corrected chi connectivity index (χ4v) is 10.1. The van der Waals surface area contributed by atoms with Gasteiger partial charge in [-0.1, -0.05) is 60.3 Å². The zero-order valence-electron chi connectivity index (χ0n) is 68.6. The predicted molar refractivity (Wildman–Crippen MR) is 412 cm³/mol. The van der Waals surface area contributed by atoms with E-state index in [1.807, 2.05) is 0 Å². The number of hydrogen-bond donors (Lipinski definition) is 4. The fraction of sp³-hybridized carbons (Fsp3) is 0.427. The van der Waals surface area contributed by atoms with E-state index in [2.05, 4.69) is 22.2 Å². The van der Waals surface area contributed by atoms with E-state index in [9.17, 15) is 91.1 Å². The summed E-state index contributed by atoms with van der Waals surface area (Å²) in [4.78, 5) is 246. The first-order valence-corrected chi connectivity index (χ1v) is 37.7. The second kappa shape index (κ2) is 48.7. The number of carboxylic acid groups (broad SMARTS) is 3. The first kappa shape index (κ1) is 100. The standard InChI is InChI=1S/C82H92N4O38/c1-49(2)120-59-23-14-10-19-55(59)72(102)114-40-79(7,41-115-73(103)56-20-11-15-24-60(56)122-51(4)87)77(107)118-44-81(9,45-119-78(108)80(8,42-116-74(104)57-21-12-16-25-61(57)123-52(5)88)43-117-75(105)58-22-13-17-26-62(58)124-53(6)89)76(106)110-38-35-54-39-86(85-84-54)36-18-37-109-71(101)50(3)121-70(100)31-27-63(90)83-82(46-111-67(97)32-28-64(91)92,47-112-68(98)33-29-65(93)94)48-113-69(99)34-30-66(95)96/h10-17,19-26,39,50H,1,18,27-38,40-48H2,2-9H3,(H,83,90)(H,91,92)(H,93,94)(H,95,96). The van der Waals surface area contributed by atoms with Crippen LogP contribution in [0.25, 0.3) is 0 Å². The highest BCUT2D eigenvalue weighted by molar-refractivity contribution is 5.97. The Morgan fingerprint density at radius 2 is 0.734 bits per heavy atom. The lowest BCUT2D eigenvalue weighted by Crippen LogP contribution is -2.59. The van der Waals surface area contributed by atoms with Gasteiger partial charge >= 0.3 is 107 Å². The van der Waals surface area contributed by atoms with Gasteiger partial charge in [0.25, 0.3) is 0 Å². The van der Waals surface area contributed by atoms with E-state index in [4.69, 9.17) is 91.1 Å². The number of allylic oxidation sites excluding steroid dienone is 1. The molecule has 0 radical (unpaired) electrons. The maximum Gasteiger partial charge on any atom is 0.347 e. The van der Waals surface area contributed by atoms with Crippen LogP contribution in [0.15, 0.2) is 116 Å². The molecule has 5 rings (SSSR count). The van der Waals surface area contributed by atoms with Gasteiger partial charge in [0.1, 0.15) is 126 Å². The average molecular weight is 1740 g/mol. The van der Waals surface area contributed by atoms with E-state index >= 15 is 0 Å². The Labute approximate surface area is 706 Å². The number of benzene rings is 4. The molecule has 3 unspecified atom stereocenters. The van der Waals surface area contributed by atoms with E-state index in [1.54, 1.807) is 6.07 Å². The van der Waals surface area contributed by atoms with Crippen LogP contribution >= 0.6 is 0 Å². The molecule has 0 aliphatic carbocycles. The number of rotatable bonds is 52. The van der Waals surface area contributed by atoms with E-state index < -0.39 is 259 Å². The first-order chi connectivity index (χ1) is 58.5. The summed E-state index contributed by atoms with van der Waals surface area (Å²) >= 11 is 0. The summed E-state index contributed by atoms with van der Waals surface area (Å²) in [6.07, 6.45) is -6.07. The van der Waals surface area contributed by atoms with E-state index in [0.29, 0.717) is 0 Å².